The molecule has 0 saturated carbocycles. The molecule has 9 heteroatoms. The lowest BCUT2D eigenvalue weighted by Crippen LogP contribution is -2.27. The lowest BCUT2D eigenvalue weighted by Gasteiger charge is -2.29. The number of ether oxygens (including phenoxy) is 1. The Morgan fingerprint density at radius 3 is 2.77 bits per heavy atom. The second kappa shape index (κ2) is 7.04. The number of esters is 1. The highest BCUT2D eigenvalue weighted by Gasteiger charge is 2.12. The molecule has 2 N–H and O–H groups in total. The molecule has 1 atom stereocenters. The highest BCUT2D eigenvalue weighted by molar-refractivity contribution is 7.43. The molecule has 0 amide bonds. The number of para-hydroxylation sites is 1. The summed E-state index contributed by atoms with van der Waals surface area (Å²) in [4.78, 5) is 35.2. The number of phosphoric ester groups is 1. The van der Waals surface area contributed by atoms with Gasteiger partial charge in [0.15, 0.2) is 0 Å². The summed E-state index contributed by atoms with van der Waals surface area (Å²) in [5.41, 5.74) is 1.63. The van der Waals surface area contributed by atoms with Gasteiger partial charge in [0.25, 0.3) is 0 Å². The van der Waals surface area contributed by atoms with Crippen LogP contribution in [-0.2, 0) is 25.0 Å². The van der Waals surface area contributed by atoms with Crippen LogP contribution in [0.4, 0.5) is 0 Å². The first-order valence-corrected chi connectivity index (χ1v) is 7.86. The maximum absolute atomic E-state index is 11.7. The predicted molar refractivity (Wildman–Crippen MR) is 72.5 cm³/mol. The first-order valence-electron chi connectivity index (χ1n) is 6.40. The minimum atomic E-state index is -5.15. The molecule has 1 heterocycles. The second-order valence-electron chi connectivity index (χ2n) is 4.62. The van der Waals surface area contributed by atoms with E-state index in [1.54, 1.807) is 6.20 Å². The van der Waals surface area contributed by atoms with E-state index in [1.165, 1.54) is 0 Å². The number of H-pyrrole nitrogens is 1. The van der Waals surface area contributed by atoms with Gasteiger partial charge in [0, 0.05) is 17.1 Å². The maximum atomic E-state index is 11.7. The van der Waals surface area contributed by atoms with Crippen LogP contribution < -0.4 is 9.79 Å². The molecular weight excluding hydrogens is 313 g/mol. The average molecular weight is 327 g/mol. The summed E-state index contributed by atoms with van der Waals surface area (Å²) in [6.45, 7) is -1.20. The number of hydrogen-bond acceptors (Lipinski definition) is 7. The van der Waals surface area contributed by atoms with E-state index < -0.39 is 33.1 Å². The van der Waals surface area contributed by atoms with Gasteiger partial charge in [-0.3, -0.25) is 4.79 Å². The van der Waals surface area contributed by atoms with Crippen molar-refractivity contribution in [1.29, 1.82) is 0 Å². The number of aliphatic hydroxyl groups excluding tert-OH is 1. The van der Waals surface area contributed by atoms with Gasteiger partial charge in [0.1, 0.15) is 12.7 Å². The first kappa shape index (κ1) is 16.7. The molecular formula is C13H14NO7P-2. The van der Waals surface area contributed by atoms with Gasteiger partial charge >= 0.3 is 5.97 Å². The third-order valence-corrected chi connectivity index (χ3v) is 3.34. The van der Waals surface area contributed by atoms with Crippen molar-refractivity contribution in [2.24, 2.45) is 0 Å². The maximum Gasteiger partial charge on any atom is 0.310 e. The van der Waals surface area contributed by atoms with Crippen LogP contribution in [0.15, 0.2) is 30.5 Å². The number of hydrogen-bond donors (Lipinski definition) is 2. The summed E-state index contributed by atoms with van der Waals surface area (Å²) in [5, 5.41) is 10.2. The molecule has 0 saturated heterocycles. The van der Waals surface area contributed by atoms with E-state index in [1.807, 2.05) is 24.3 Å². The molecule has 8 nitrogen and oxygen atoms in total. The smallest absolute Gasteiger partial charge is 0.310 e. The van der Waals surface area contributed by atoms with E-state index in [9.17, 15) is 24.3 Å². The van der Waals surface area contributed by atoms with E-state index in [4.69, 9.17) is 4.74 Å². The fourth-order valence-electron chi connectivity index (χ4n) is 1.90. The molecule has 22 heavy (non-hydrogen) atoms. The van der Waals surface area contributed by atoms with Crippen molar-refractivity contribution < 1.29 is 33.5 Å². The van der Waals surface area contributed by atoms with Crippen LogP contribution in [0.5, 0.6) is 0 Å². The Hall–Kier alpha value is -1.70. The number of phosphoric acid groups is 1. The Bertz CT molecular complexity index is 693. The zero-order valence-corrected chi connectivity index (χ0v) is 12.3. The normalized spacial score (nSPS) is 13.2. The van der Waals surface area contributed by atoms with Crippen molar-refractivity contribution in [3.8, 4) is 0 Å². The van der Waals surface area contributed by atoms with E-state index >= 15 is 0 Å². The molecule has 0 aliphatic heterocycles. The highest BCUT2D eigenvalue weighted by atomic mass is 31.2. The molecule has 1 aromatic carbocycles. The average Bonchev–Trinajstić information content (AvgIpc) is 2.85. The van der Waals surface area contributed by atoms with Crippen LogP contribution in [0.3, 0.4) is 0 Å². The number of carbonyl (C=O) groups excluding carboxylic acids is 1. The Kier molecular flexibility index (Phi) is 5.33. The van der Waals surface area contributed by atoms with Gasteiger partial charge in [0.2, 0.25) is 0 Å². The summed E-state index contributed by atoms with van der Waals surface area (Å²) in [5.74, 6) is -0.587. The van der Waals surface area contributed by atoms with Crippen LogP contribution >= 0.6 is 7.82 Å². The second-order valence-corrected chi connectivity index (χ2v) is 5.77. The quantitative estimate of drug-likeness (QED) is 0.515. The Morgan fingerprint density at radius 1 is 1.32 bits per heavy atom. The van der Waals surface area contributed by atoms with Gasteiger partial charge in [-0.1, -0.05) is 18.2 Å². The summed E-state index contributed by atoms with van der Waals surface area (Å²) in [6.07, 6.45) is 0.304. The van der Waals surface area contributed by atoms with Crippen molar-refractivity contribution in [2.45, 2.75) is 12.5 Å². The molecule has 0 bridgehead atoms. The Morgan fingerprint density at radius 2 is 2.05 bits per heavy atom. The molecule has 1 unspecified atom stereocenters. The number of aromatic nitrogens is 1. The van der Waals surface area contributed by atoms with E-state index in [0.29, 0.717) is 0 Å². The summed E-state index contributed by atoms with van der Waals surface area (Å²) < 4.78 is 18.9. The van der Waals surface area contributed by atoms with E-state index in [-0.39, 0.29) is 6.42 Å². The number of aromatic amines is 1. The molecule has 120 valence electrons. The summed E-state index contributed by atoms with van der Waals surface area (Å²) in [7, 11) is -5.15. The van der Waals surface area contributed by atoms with Crippen LogP contribution in [-0.4, -0.2) is 35.4 Å². The van der Waals surface area contributed by atoms with Gasteiger partial charge < -0.3 is 33.7 Å². The van der Waals surface area contributed by atoms with Crippen LogP contribution in [0, 0.1) is 0 Å². The van der Waals surface area contributed by atoms with Crippen LogP contribution in [0.2, 0.25) is 0 Å². The highest BCUT2D eigenvalue weighted by Crippen LogP contribution is 2.24. The van der Waals surface area contributed by atoms with Gasteiger partial charge in [-0.05, 0) is 11.6 Å². The van der Waals surface area contributed by atoms with Crippen LogP contribution in [0.1, 0.15) is 5.56 Å². The number of carbonyl (C=O) groups is 1. The van der Waals surface area contributed by atoms with Gasteiger partial charge in [0.05, 0.1) is 20.9 Å². The molecule has 0 spiro atoms. The number of fused-ring (bicyclic) bond motifs is 1. The molecule has 0 radical (unpaired) electrons. The van der Waals surface area contributed by atoms with Crippen molar-refractivity contribution in [3.05, 3.63) is 36.0 Å². The number of benzene rings is 1. The fraction of sp³-hybridized carbons (Fsp3) is 0.308. The Balaban J connectivity index is 1.82. The molecule has 2 aromatic rings. The van der Waals surface area contributed by atoms with Gasteiger partial charge in [-0.15, -0.1) is 0 Å². The van der Waals surface area contributed by atoms with Crippen molar-refractivity contribution in [1.82, 2.24) is 4.98 Å². The van der Waals surface area contributed by atoms with Crippen LogP contribution in [0.25, 0.3) is 10.9 Å². The number of nitrogens with one attached hydrogen (secondary N) is 1. The van der Waals surface area contributed by atoms with Gasteiger partial charge in [-0.2, -0.15) is 0 Å². The van der Waals surface area contributed by atoms with Crippen molar-refractivity contribution in [2.75, 3.05) is 13.2 Å². The van der Waals surface area contributed by atoms with Gasteiger partial charge in [-0.25, -0.2) is 0 Å². The molecule has 0 fully saturated rings. The zero-order chi connectivity index (χ0) is 16.2. The number of rotatable bonds is 7. The third-order valence-electron chi connectivity index (χ3n) is 2.87. The zero-order valence-electron chi connectivity index (χ0n) is 11.4. The summed E-state index contributed by atoms with van der Waals surface area (Å²) >= 11 is 0. The van der Waals surface area contributed by atoms with Crippen molar-refractivity contribution >= 4 is 24.7 Å². The molecule has 1 aromatic heterocycles. The molecule has 0 aliphatic rings. The standard InChI is InChI=1S/C13H16NO7P/c15-10(8-21-22(17,18)19)7-20-13(16)5-9-6-14-12-4-2-1-3-11(9)12/h1-4,6,10,14-15H,5,7-8H2,(H2,17,18,19)/p-2. The van der Waals surface area contributed by atoms with E-state index in [0.717, 1.165) is 16.5 Å². The first-order chi connectivity index (χ1) is 10.3. The minimum Gasteiger partial charge on any atom is -0.790 e. The minimum absolute atomic E-state index is 0.000799. The van der Waals surface area contributed by atoms with E-state index in [2.05, 4.69) is 9.51 Å². The monoisotopic (exact) mass is 327 g/mol. The van der Waals surface area contributed by atoms with Crippen molar-refractivity contribution in [3.63, 3.8) is 0 Å². The third kappa shape index (κ3) is 4.94. The molecule has 2 rings (SSSR count). The predicted octanol–water partition coefficient (Wildman–Crippen LogP) is -0.540. The lowest BCUT2D eigenvalue weighted by molar-refractivity contribution is -0.342. The fourth-order valence-corrected chi connectivity index (χ4v) is 2.25. The lowest BCUT2D eigenvalue weighted by atomic mass is 10.1. The Labute approximate surface area is 125 Å². The number of aliphatic hydroxyl groups is 1. The largest absolute Gasteiger partial charge is 0.790 e. The topological polar surface area (TPSA) is 135 Å². The SMILES string of the molecule is O=C(Cc1c[nH]c2ccccc12)OCC(O)COP(=O)([O-])[O-]. The molecule has 0 aliphatic carbocycles. The summed E-state index contributed by atoms with van der Waals surface area (Å²) in [6, 6.07) is 7.44.